The standard InChI is InChI=1S/C16H17ClF2N2O2/c17-14-9(4-5-11(18)15(14)19)8-20-16(23)12-6-7-13(22)21(12)10-2-1-3-10/h4-5,10,12H,1-3,6-8H2,(H,20,23)/t12-/m0/s1. The van der Waals surface area contributed by atoms with E-state index in [9.17, 15) is 18.4 Å². The Kier molecular flexibility index (Phi) is 4.53. The fourth-order valence-corrected chi connectivity index (χ4v) is 3.31. The van der Waals surface area contributed by atoms with Crippen molar-refractivity contribution in [2.75, 3.05) is 0 Å². The summed E-state index contributed by atoms with van der Waals surface area (Å²) in [7, 11) is 0. The van der Waals surface area contributed by atoms with Crippen molar-refractivity contribution >= 4 is 23.4 Å². The van der Waals surface area contributed by atoms with Crippen LogP contribution in [0.4, 0.5) is 8.78 Å². The summed E-state index contributed by atoms with van der Waals surface area (Å²) in [5.41, 5.74) is 0.304. The van der Waals surface area contributed by atoms with Crippen molar-refractivity contribution < 1.29 is 18.4 Å². The molecule has 1 heterocycles. The van der Waals surface area contributed by atoms with Crippen molar-refractivity contribution in [2.24, 2.45) is 0 Å². The lowest BCUT2D eigenvalue weighted by Gasteiger charge is -2.38. The Morgan fingerprint density at radius 1 is 1.30 bits per heavy atom. The molecule has 0 unspecified atom stereocenters. The summed E-state index contributed by atoms with van der Waals surface area (Å²) in [6.45, 7) is -0.00192. The van der Waals surface area contributed by atoms with Crippen molar-refractivity contribution in [3.05, 3.63) is 34.4 Å². The molecule has 4 nitrogen and oxygen atoms in total. The zero-order valence-electron chi connectivity index (χ0n) is 12.4. The van der Waals surface area contributed by atoms with E-state index in [-0.39, 0.29) is 29.4 Å². The van der Waals surface area contributed by atoms with E-state index < -0.39 is 17.7 Å². The Balaban J connectivity index is 1.65. The van der Waals surface area contributed by atoms with Gasteiger partial charge in [0.2, 0.25) is 11.8 Å². The minimum Gasteiger partial charge on any atom is -0.350 e. The lowest BCUT2D eigenvalue weighted by molar-refractivity contribution is -0.139. The first-order valence-electron chi connectivity index (χ1n) is 7.70. The third kappa shape index (κ3) is 3.04. The second-order valence-electron chi connectivity index (χ2n) is 5.99. The molecule has 3 rings (SSSR count). The first-order valence-corrected chi connectivity index (χ1v) is 8.08. The van der Waals surface area contributed by atoms with Gasteiger partial charge in [-0.25, -0.2) is 8.78 Å². The van der Waals surface area contributed by atoms with E-state index in [0.29, 0.717) is 18.4 Å². The highest BCUT2D eigenvalue weighted by Gasteiger charge is 2.41. The van der Waals surface area contributed by atoms with Gasteiger partial charge in [0.05, 0.1) is 5.02 Å². The van der Waals surface area contributed by atoms with Crippen LogP contribution in [0, 0.1) is 11.6 Å². The molecule has 1 saturated heterocycles. The molecule has 124 valence electrons. The molecular formula is C16H17ClF2N2O2. The normalized spacial score (nSPS) is 21.4. The number of amides is 2. The molecule has 1 atom stereocenters. The molecule has 0 radical (unpaired) electrons. The number of carbonyl (C=O) groups is 2. The number of hydrogen-bond donors (Lipinski definition) is 1. The average molecular weight is 343 g/mol. The van der Waals surface area contributed by atoms with E-state index >= 15 is 0 Å². The summed E-state index contributed by atoms with van der Waals surface area (Å²) >= 11 is 5.74. The monoisotopic (exact) mass is 342 g/mol. The molecule has 23 heavy (non-hydrogen) atoms. The maximum Gasteiger partial charge on any atom is 0.243 e. The highest BCUT2D eigenvalue weighted by molar-refractivity contribution is 6.31. The molecule has 1 aromatic carbocycles. The number of likely N-dealkylation sites (tertiary alicyclic amines) is 1. The molecule has 1 aromatic rings. The van der Waals surface area contributed by atoms with Gasteiger partial charge in [-0.15, -0.1) is 0 Å². The highest BCUT2D eigenvalue weighted by Crippen LogP contribution is 2.32. The van der Waals surface area contributed by atoms with Gasteiger partial charge < -0.3 is 10.2 Å². The van der Waals surface area contributed by atoms with Crippen LogP contribution in [-0.4, -0.2) is 28.8 Å². The zero-order valence-corrected chi connectivity index (χ0v) is 13.2. The first-order chi connectivity index (χ1) is 11.0. The van der Waals surface area contributed by atoms with Gasteiger partial charge in [0.25, 0.3) is 0 Å². The third-order valence-corrected chi connectivity index (χ3v) is 5.00. The van der Waals surface area contributed by atoms with Gasteiger partial charge >= 0.3 is 0 Å². The first kappa shape index (κ1) is 16.2. The Labute approximate surface area is 137 Å². The molecule has 0 bridgehead atoms. The van der Waals surface area contributed by atoms with E-state index in [1.807, 2.05) is 0 Å². The van der Waals surface area contributed by atoms with Gasteiger partial charge in [-0.3, -0.25) is 9.59 Å². The van der Waals surface area contributed by atoms with Crippen LogP contribution in [0.1, 0.15) is 37.7 Å². The van der Waals surface area contributed by atoms with E-state index in [0.717, 1.165) is 25.3 Å². The number of nitrogens with one attached hydrogen (secondary N) is 1. The molecule has 2 aliphatic rings. The van der Waals surface area contributed by atoms with Crippen LogP contribution >= 0.6 is 11.6 Å². The number of carbonyl (C=O) groups excluding carboxylic acids is 2. The summed E-state index contributed by atoms with van der Waals surface area (Å²) in [5.74, 6) is -2.41. The van der Waals surface area contributed by atoms with Gasteiger partial charge in [-0.05, 0) is 37.3 Å². The Hall–Kier alpha value is -1.69. The molecule has 2 fully saturated rings. The molecule has 0 aromatic heterocycles. The lowest BCUT2D eigenvalue weighted by Crippen LogP contribution is -2.51. The predicted molar refractivity (Wildman–Crippen MR) is 80.7 cm³/mol. The van der Waals surface area contributed by atoms with Gasteiger partial charge in [-0.1, -0.05) is 17.7 Å². The maximum atomic E-state index is 13.4. The average Bonchev–Trinajstić information content (AvgIpc) is 2.84. The highest BCUT2D eigenvalue weighted by atomic mass is 35.5. The van der Waals surface area contributed by atoms with Crippen LogP contribution in [0.3, 0.4) is 0 Å². The molecule has 1 N–H and O–H groups in total. The summed E-state index contributed by atoms with van der Waals surface area (Å²) < 4.78 is 26.5. The fraction of sp³-hybridized carbons (Fsp3) is 0.500. The van der Waals surface area contributed by atoms with Crippen LogP contribution < -0.4 is 5.32 Å². The van der Waals surface area contributed by atoms with Crippen LogP contribution in [-0.2, 0) is 16.1 Å². The number of hydrogen-bond acceptors (Lipinski definition) is 2. The van der Waals surface area contributed by atoms with Crippen molar-refractivity contribution in [1.82, 2.24) is 10.2 Å². The molecule has 0 spiro atoms. The Morgan fingerprint density at radius 3 is 2.70 bits per heavy atom. The van der Waals surface area contributed by atoms with Crippen LogP contribution in [0.15, 0.2) is 12.1 Å². The fourth-order valence-electron chi connectivity index (χ4n) is 3.09. The van der Waals surface area contributed by atoms with Gasteiger partial charge in [0, 0.05) is 19.0 Å². The summed E-state index contributed by atoms with van der Waals surface area (Å²) in [6.07, 6.45) is 3.81. The third-order valence-electron chi connectivity index (χ3n) is 4.59. The van der Waals surface area contributed by atoms with E-state index in [2.05, 4.69) is 5.32 Å². The summed E-state index contributed by atoms with van der Waals surface area (Å²) in [4.78, 5) is 26.0. The van der Waals surface area contributed by atoms with Crippen molar-refractivity contribution in [3.8, 4) is 0 Å². The van der Waals surface area contributed by atoms with Crippen molar-refractivity contribution in [3.63, 3.8) is 0 Å². The second kappa shape index (κ2) is 6.43. The Bertz CT molecular complexity index is 649. The zero-order chi connectivity index (χ0) is 16.6. The minimum atomic E-state index is -1.12. The largest absolute Gasteiger partial charge is 0.350 e. The molecule has 7 heteroatoms. The van der Waals surface area contributed by atoms with E-state index in [1.165, 1.54) is 6.07 Å². The number of rotatable bonds is 4. The van der Waals surface area contributed by atoms with Crippen LogP contribution in [0.25, 0.3) is 0 Å². The van der Waals surface area contributed by atoms with E-state index in [1.54, 1.807) is 4.90 Å². The number of benzene rings is 1. The van der Waals surface area contributed by atoms with Gasteiger partial charge in [0.15, 0.2) is 11.6 Å². The van der Waals surface area contributed by atoms with Crippen molar-refractivity contribution in [2.45, 2.75) is 50.7 Å². The smallest absolute Gasteiger partial charge is 0.243 e. The van der Waals surface area contributed by atoms with Crippen LogP contribution in [0.2, 0.25) is 5.02 Å². The lowest BCUT2D eigenvalue weighted by atomic mass is 9.91. The molecule has 2 amide bonds. The van der Waals surface area contributed by atoms with Crippen LogP contribution in [0.5, 0.6) is 0 Å². The van der Waals surface area contributed by atoms with E-state index in [4.69, 9.17) is 11.6 Å². The molecule has 1 aliphatic heterocycles. The predicted octanol–water partition coefficient (Wildman–Crippen LogP) is 2.78. The quantitative estimate of drug-likeness (QED) is 0.855. The maximum absolute atomic E-state index is 13.4. The molecule has 1 saturated carbocycles. The SMILES string of the molecule is O=C(NCc1ccc(F)c(F)c1Cl)[C@@H]1CCC(=O)N1C1CCC1. The summed E-state index contributed by atoms with van der Waals surface area (Å²) in [6, 6.07) is 2.00. The molecule has 1 aliphatic carbocycles. The van der Waals surface area contributed by atoms with Gasteiger partial charge in [0.1, 0.15) is 6.04 Å². The van der Waals surface area contributed by atoms with Gasteiger partial charge in [-0.2, -0.15) is 0 Å². The Morgan fingerprint density at radius 2 is 2.04 bits per heavy atom. The topological polar surface area (TPSA) is 49.4 Å². The minimum absolute atomic E-state index is 0.00192. The number of halogens is 3. The number of nitrogens with zero attached hydrogens (tertiary/aromatic N) is 1. The summed E-state index contributed by atoms with van der Waals surface area (Å²) in [5, 5.41) is 2.35. The second-order valence-corrected chi connectivity index (χ2v) is 6.37. The van der Waals surface area contributed by atoms with Crippen molar-refractivity contribution in [1.29, 1.82) is 0 Å². The molecular weight excluding hydrogens is 326 g/mol.